The maximum Gasteiger partial charge on any atom is 0.242 e. The van der Waals surface area contributed by atoms with Crippen LogP contribution in [0.3, 0.4) is 0 Å². The molecule has 0 aromatic heterocycles. The van der Waals surface area contributed by atoms with Gasteiger partial charge in [0.25, 0.3) is 0 Å². The summed E-state index contributed by atoms with van der Waals surface area (Å²) in [5, 5.41) is 2.78. The fourth-order valence-corrected chi connectivity index (χ4v) is 4.08. The highest BCUT2D eigenvalue weighted by atomic mass is 32.2. The first-order chi connectivity index (χ1) is 11.5. The average Bonchev–Trinajstić information content (AvgIpc) is 3.03. The summed E-state index contributed by atoms with van der Waals surface area (Å²) in [6.07, 6.45) is 3.24. The number of carbonyl (C=O) groups excluding carboxylic acids is 1. The van der Waals surface area contributed by atoms with Gasteiger partial charge in [-0.2, -0.15) is 4.72 Å². The second kappa shape index (κ2) is 6.75. The van der Waals surface area contributed by atoms with Gasteiger partial charge in [0.1, 0.15) is 0 Å². The largest absolute Gasteiger partial charge is 0.325 e. The van der Waals surface area contributed by atoms with E-state index in [4.69, 9.17) is 0 Å². The SMILES string of the molecule is CC(NS(=O)(=O)c1ccccc1)C(=O)Nc1ccc2c(c1)CCC2. The molecule has 2 aromatic carbocycles. The topological polar surface area (TPSA) is 75.3 Å². The first kappa shape index (κ1) is 16.7. The van der Waals surface area contributed by atoms with Crippen molar-refractivity contribution in [1.29, 1.82) is 0 Å². The van der Waals surface area contributed by atoms with Gasteiger partial charge >= 0.3 is 0 Å². The maximum absolute atomic E-state index is 12.3. The van der Waals surface area contributed by atoms with Crippen molar-refractivity contribution in [2.45, 2.75) is 37.1 Å². The smallest absolute Gasteiger partial charge is 0.242 e. The van der Waals surface area contributed by atoms with E-state index in [1.165, 1.54) is 30.2 Å². The van der Waals surface area contributed by atoms with E-state index in [9.17, 15) is 13.2 Å². The summed E-state index contributed by atoms with van der Waals surface area (Å²) in [7, 11) is -3.72. The zero-order valence-corrected chi connectivity index (χ0v) is 14.3. The van der Waals surface area contributed by atoms with Gasteiger partial charge in [-0.05, 0) is 61.6 Å². The molecule has 0 radical (unpaired) electrons. The summed E-state index contributed by atoms with van der Waals surface area (Å²) in [6.45, 7) is 1.53. The minimum atomic E-state index is -3.72. The van der Waals surface area contributed by atoms with Crippen LogP contribution in [-0.2, 0) is 27.7 Å². The van der Waals surface area contributed by atoms with Crippen molar-refractivity contribution >= 4 is 21.6 Å². The van der Waals surface area contributed by atoms with Gasteiger partial charge in [-0.25, -0.2) is 8.42 Å². The first-order valence-electron chi connectivity index (χ1n) is 7.96. The van der Waals surface area contributed by atoms with Crippen LogP contribution in [0.2, 0.25) is 0 Å². The number of amides is 1. The molecule has 0 fully saturated rings. The second-order valence-electron chi connectivity index (χ2n) is 5.98. The number of hydrogen-bond acceptors (Lipinski definition) is 3. The van der Waals surface area contributed by atoms with Gasteiger partial charge in [0.05, 0.1) is 10.9 Å². The van der Waals surface area contributed by atoms with Crippen LogP contribution in [0.25, 0.3) is 0 Å². The monoisotopic (exact) mass is 344 g/mol. The van der Waals surface area contributed by atoms with Crippen molar-refractivity contribution < 1.29 is 13.2 Å². The zero-order chi connectivity index (χ0) is 17.2. The molecule has 1 atom stereocenters. The molecule has 0 aliphatic heterocycles. The van der Waals surface area contributed by atoms with Crippen LogP contribution >= 0.6 is 0 Å². The predicted molar refractivity (Wildman–Crippen MR) is 93.3 cm³/mol. The Bertz CT molecular complexity index is 848. The minimum Gasteiger partial charge on any atom is -0.325 e. The summed E-state index contributed by atoms with van der Waals surface area (Å²) >= 11 is 0. The number of nitrogens with one attached hydrogen (secondary N) is 2. The molecule has 2 aromatic rings. The molecule has 126 valence electrons. The number of rotatable bonds is 5. The third kappa shape index (κ3) is 3.66. The predicted octanol–water partition coefficient (Wildman–Crippen LogP) is 2.48. The van der Waals surface area contributed by atoms with Crippen molar-refractivity contribution in [2.24, 2.45) is 0 Å². The van der Waals surface area contributed by atoms with Gasteiger partial charge < -0.3 is 5.32 Å². The summed E-state index contributed by atoms with van der Waals surface area (Å²) in [5.74, 6) is -0.382. The highest BCUT2D eigenvalue weighted by Gasteiger charge is 2.22. The van der Waals surface area contributed by atoms with Gasteiger partial charge in [0.15, 0.2) is 0 Å². The normalized spacial score (nSPS) is 14.9. The van der Waals surface area contributed by atoms with Crippen LogP contribution in [0.15, 0.2) is 53.4 Å². The van der Waals surface area contributed by atoms with E-state index in [-0.39, 0.29) is 10.8 Å². The van der Waals surface area contributed by atoms with E-state index in [0.29, 0.717) is 5.69 Å². The quantitative estimate of drug-likeness (QED) is 0.875. The van der Waals surface area contributed by atoms with E-state index in [0.717, 1.165) is 19.3 Å². The van der Waals surface area contributed by atoms with E-state index in [1.807, 2.05) is 18.2 Å². The Balaban J connectivity index is 1.67. The second-order valence-corrected chi connectivity index (χ2v) is 7.70. The van der Waals surface area contributed by atoms with Crippen LogP contribution in [0, 0.1) is 0 Å². The Labute approximate surface area is 142 Å². The molecular formula is C18H20N2O3S. The molecule has 1 unspecified atom stereocenters. The van der Waals surface area contributed by atoms with E-state index >= 15 is 0 Å². The van der Waals surface area contributed by atoms with Crippen LogP contribution in [0.4, 0.5) is 5.69 Å². The lowest BCUT2D eigenvalue weighted by atomic mass is 10.1. The number of sulfonamides is 1. The molecule has 0 saturated carbocycles. The Morgan fingerprint density at radius 3 is 2.50 bits per heavy atom. The van der Waals surface area contributed by atoms with Crippen molar-refractivity contribution in [2.75, 3.05) is 5.32 Å². The molecule has 5 nitrogen and oxygen atoms in total. The summed E-state index contributed by atoms with van der Waals surface area (Å²) in [4.78, 5) is 12.4. The van der Waals surface area contributed by atoms with E-state index < -0.39 is 16.1 Å². The van der Waals surface area contributed by atoms with Crippen LogP contribution < -0.4 is 10.0 Å². The third-order valence-corrected chi connectivity index (χ3v) is 5.70. The molecule has 3 rings (SSSR count). The lowest BCUT2D eigenvalue weighted by molar-refractivity contribution is -0.117. The van der Waals surface area contributed by atoms with E-state index in [2.05, 4.69) is 10.0 Å². The van der Waals surface area contributed by atoms with E-state index in [1.54, 1.807) is 18.2 Å². The molecule has 1 aliphatic carbocycles. The third-order valence-electron chi connectivity index (χ3n) is 4.14. The molecule has 2 N–H and O–H groups in total. The molecule has 1 aliphatic rings. The van der Waals surface area contributed by atoms with Crippen molar-refractivity contribution in [1.82, 2.24) is 4.72 Å². The Kier molecular flexibility index (Phi) is 4.69. The van der Waals surface area contributed by atoms with Crippen LogP contribution in [0.1, 0.15) is 24.5 Å². The molecule has 24 heavy (non-hydrogen) atoms. The van der Waals surface area contributed by atoms with Crippen molar-refractivity contribution in [3.63, 3.8) is 0 Å². The van der Waals surface area contributed by atoms with Gasteiger partial charge in [-0.1, -0.05) is 24.3 Å². The number of hydrogen-bond donors (Lipinski definition) is 2. The Hall–Kier alpha value is -2.18. The molecule has 0 bridgehead atoms. The number of benzene rings is 2. The number of anilines is 1. The molecule has 0 spiro atoms. The maximum atomic E-state index is 12.3. The van der Waals surface area contributed by atoms with Gasteiger partial charge in [-0.15, -0.1) is 0 Å². The summed E-state index contributed by atoms with van der Waals surface area (Å²) in [6, 6.07) is 13.0. The lowest BCUT2D eigenvalue weighted by Gasteiger charge is -2.15. The summed E-state index contributed by atoms with van der Waals surface area (Å²) < 4.78 is 26.9. The highest BCUT2D eigenvalue weighted by molar-refractivity contribution is 7.89. The Morgan fingerprint density at radius 2 is 1.75 bits per heavy atom. The van der Waals surface area contributed by atoms with Gasteiger partial charge in [0.2, 0.25) is 15.9 Å². The first-order valence-corrected chi connectivity index (χ1v) is 9.44. The fraction of sp³-hybridized carbons (Fsp3) is 0.278. The van der Waals surface area contributed by atoms with Gasteiger partial charge in [0, 0.05) is 5.69 Å². The number of fused-ring (bicyclic) bond motifs is 1. The lowest BCUT2D eigenvalue weighted by Crippen LogP contribution is -2.41. The van der Waals surface area contributed by atoms with Crippen molar-refractivity contribution in [3.8, 4) is 0 Å². The number of carbonyl (C=O) groups is 1. The highest BCUT2D eigenvalue weighted by Crippen LogP contribution is 2.25. The van der Waals surface area contributed by atoms with Gasteiger partial charge in [-0.3, -0.25) is 4.79 Å². The average molecular weight is 344 g/mol. The zero-order valence-electron chi connectivity index (χ0n) is 13.5. The van der Waals surface area contributed by atoms with Crippen molar-refractivity contribution in [3.05, 3.63) is 59.7 Å². The molecule has 6 heteroatoms. The van der Waals surface area contributed by atoms with Crippen LogP contribution in [0.5, 0.6) is 0 Å². The molecular weight excluding hydrogens is 324 g/mol. The molecule has 0 saturated heterocycles. The van der Waals surface area contributed by atoms with Crippen LogP contribution in [-0.4, -0.2) is 20.4 Å². The number of aryl methyl sites for hydroxylation is 2. The molecule has 1 amide bonds. The Morgan fingerprint density at radius 1 is 1.04 bits per heavy atom. The molecule has 0 heterocycles. The summed E-state index contributed by atoms with van der Waals surface area (Å²) in [5.41, 5.74) is 3.28. The minimum absolute atomic E-state index is 0.141. The fourth-order valence-electron chi connectivity index (χ4n) is 2.85. The standard InChI is InChI=1S/C18H20N2O3S/c1-13(20-24(22,23)17-8-3-2-4-9-17)18(21)19-16-11-10-14-6-5-7-15(14)12-16/h2-4,8-13,20H,5-7H2,1H3,(H,19,21).